The summed E-state index contributed by atoms with van der Waals surface area (Å²) >= 11 is 0. The Morgan fingerprint density at radius 1 is 1.29 bits per heavy atom. The summed E-state index contributed by atoms with van der Waals surface area (Å²) in [5.41, 5.74) is 1.15. The van der Waals surface area contributed by atoms with Gasteiger partial charge in [0.1, 0.15) is 5.75 Å². The molecular formula is C15H20ClN3O2. The molecule has 0 bridgehead atoms. The molecule has 1 aliphatic heterocycles. The molecule has 1 fully saturated rings. The van der Waals surface area contributed by atoms with Gasteiger partial charge in [0, 0.05) is 6.42 Å². The summed E-state index contributed by atoms with van der Waals surface area (Å²) < 4.78 is 10.5. The predicted molar refractivity (Wildman–Crippen MR) is 81.9 cm³/mol. The molecule has 0 aliphatic carbocycles. The molecule has 0 spiro atoms. The monoisotopic (exact) mass is 309 g/mol. The van der Waals surface area contributed by atoms with Gasteiger partial charge < -0.3 is 14.6 Å². The molecule has 3 rings (SSSR count). The van der Waals surface area contributed by atoms with Crippen molar-refractivity contribution in [1.29, 1.82) is 0 Å². The van der Waals surface area contributed by atoms with Crippen LogP contribution >= 0.6 is 12.4 Å². The number of halogens is 1. The van der Waals surface area contributed by atoms with E-state index in [9.17, 15) is 0 Å². The predicted octanol–water partition coefficient (Wildman–Crippen LogP) is 2.91. The zero-order valence-electron chi connectivity index (χ0n) is 12.0. The molecule has 1 aromatic heterocycles. The summed E-state index contributed by atoms with van der Waals surface area (Å²) in [6.45, 7) is 1.03. The van der Waals surface area contributed by atoms with Crippen molar-refractivity contribution in [3.63, 3.8) is 0 Å². The van der Waals surface area contributed by atoms with E-state index in [2.05, 4.69) is 15.5 Å². The Morgan fingerprint density at radius 2 is 2.10 bits per heavy atom. The summed E-state index contributed by atoms with van der Waals surface area (Å²) in [7, 11) is 1.66. The molecular weight excluding hydrogens is 290 g/mol. The summed E-state index contributed by atoms with van der Waals surface area (Å²) in [5, 5.41) is 7.49. The largest absolute Gasteiger partial charge is 0.497 e. The van der Waals surface area contributed by atoms with Crippen molar-refractivity contribution < 1.29 is 9.26 Å². The molecule has 2 aromatic rings. The molecule has 6 heteroatoms. The molecule has 1 saturated heterocycles. The Morgan fingerprint density at radius 3 is 2.76 bits per heavy atom. The third-order valence-electron chi connectivity index (χ3n) is 3.61. The fourth-order valence-corrected chi connectivity index (χ4v) is 2.47. The zero-order chi connectivity index (χ0) is 13.8. The van der Waals surface area contributed by atoms with Gasteiger partial charge in [-0.1, -0.05) is 23.7 Å². The fourth-order valence-electron chi connectivity index (χ4n) is 2.47. The molecule has 0 radical (unpaired) electrons. The number of nitrogens with zero attached hydrogens (tertiary/aromatic N) is 2. The standard InChI is InChI=1S/C15H19N3O2.ClH/c1-19-12-7-5-11(6-8-12)10-14-17-15(20-18-14)13-4-2-3-9-16-13;/h5-8,13,16H,2-4,9-10H2,1H3;1H/t13-;/m1./s1. The van der Waals surface area contributed by atoms with Gasteiger partial charge in [0.25, 0.3) is 0 Å². The van der Waals surface area contributed by atoms with Crippen molar-refractivity contribution in [2.24, 2.45) is 0 Å². The number of methoxy groups -OCH3 is 1. The first-order valence-electron chi connectivity index (χ1n) is 7.04. The maximum atomic E-state index is 5.37. The lowest BCUT2D eigenvalue weighted by molar-refractivity contribution is 0.296. The maximum absolute atomic E-state index is 5.37. The maximum Gasteiger partial charge on any atom is 0.243 e. The Hall–Kier alpha value is -1.59. The van der Waals surface area contributed by atoms with Crippen LogP contribution in [0.1, 0.15) is 42.6 Å². The number of piperidine rings is 1. The molecule has 0 amide bonds. The van der Waals surface area contributed by atoms with Crippen LogP contribution in [0.5, 0.6) is 5.75 Å². The second-order valence-electron chi connectivity index (χ2n) is 5.08. The first kappa shape index (κ1) is 15.8. The van der Waals surface area contributed by atoms with Crippen molar-refractivity contribution in [1.82, 2.24) is 15.5 Å². The molecule has 0 saturated carbocycles. The van der Waals surface area contributed by atoms with Gasteiger partial charge in [-0.25, -0.2) is 0 Å². The van der Waals surface area contributed by atoms with Crippen LogP contribution in [-0.2, 0) is 6.42 Å². The second kappa shape index (κ2) is 7.43. The highest BCUT2D eigenvalue weighted by molar-refractivity contribution is 5.85. The molecule has 1 aliphatic rings. The van der Waals surface area contributed by atoms with Gasteiger partial charge >= 0.3 is 0 Å². The Labute approximate surface area is 130 Å². The highest BCUT2D eigenvalue weighted by Crippen LogP contribution is 2.22. The molecule has 0 unspecified atom stereocenters. The Balaban J connectivity index is 0.00000161. The lowest BCUT2D eigenvalue weighted by atomic mass is 10.1. The minimum absolute atomic E-state index is 0. The molecule has 21 heavy (non-hydrogen) atoms. The summed E-state index contributed by atoms with van der Waals surface area (Å²) in [4.78, 5) is 4.50. The summed E-state index contributed by atoms with van der Waals surface area (Å²) in [5.74, 6) is 2.31. The van der Waals surface area contributed by atoms with E-state index in [4.69, 9.17) is 9.26 Å². The second-order valence-corrected chi connectivity index (χ2v) is 5.08. The van der Waals surface area contributed by atoms with Crippen LogP contribution in [0, 0.1) is 0 Å². The van der Waals surface area contributed by atoms with Gasteiger partial charge in [0.05, 0.1) is 13.2 Å². The third-order valence-corrected chi connectivity index (χ3v) is 3.61. The number of ether oxygens (including phenoxy) is 1. The van der Waals surface area contributed by atoms with Gasteiger partial charge in [-0.05, 0) is 37.1 Å². The number of benzene rings is 1. The summed E-state index contributed by atoms with van der Waals surface area (Å²) in [6, 6.07) is 8.15. The van der Waals surface area contributed by atoms with Crippen molar-refractivity contribution in [3.8, 4) is 5.75 Å². The quantitative estimate of drug-likeness (QED) is 0.941. The Kier molecular flexibility index (Phi) is 5.59. The number of hydrogen-bond donors (Lipinski definition) is 1. The van der Waals surface area contributed by atoms with Gasteiger partial charge in [0.15, 0.2) is 5.82 Å². The minimum atomic E-state index is 0. The number of hydrogen-bond acceptors (Lipinski definition) is 5. The number of aromatic nitrogens is 2. The van der Waals surface area contributed by atoms with Crippen LogP contribution < -0.4 is 10.1 Å². The molecule has 2 heterocycles. The molecule has 1 aromatic carbocycles. The molecule has 114 valence electrons. The summed E-state index contributed by atoms with van der Waals surface area (Å²) in [6.07, 6.45) is 4.20. The lowest BCUT2D eigenvalue weighted by Gasteiger charge is -2.19. The molecule has 5 nitrogen and oxygen atoms in total. The highest BCUT2D eigenvalue weighted by Gasteiger charge is 2.20. The highest BCUT2D eigenvalue weighted by atomic mass is 35.5. The first-order chi connectivity index (χ1) is 9.85. The van der Waals surface area contributed by atoms with Crippen molar-refractivity contribution in [2.45, 2.75) is 31.7 Å². The fraction of sp³-hybridized carbons (Fsp3) is 0.467. The van der Waals surface area contributed by atoms with E-state index >= 15 is 0 Å². The molecule has 1 atom stereocenters. The normalized spacial score (nSPS) is 18.0. The molecule has 1 N–H and O–H groups in total. The van der Waals surface area contributed by atoms with Crippen LogP contribution in [0.2, 0.25) is 0 Å². The minimum Gasteiger partial charge on any atom is -0.497 e. The van der Waals surface area contributed by atoms with E-state index in [1.54, 1.807) is 7.11 Å². The van der Waals surface area contributed by atoms with E-state index in [0.717, 1.165) is 30.1 Å². The van der Waals surface area contributed by atoms with E-state index in [1.807, 2.05) is 24.3 Å². The van der Waals surface area contributed by atoms with Crippen LogP contribution in [0.3, 0.4) is 0 Å². The first-order valence-corrected chi connectivity index (χ1v) is 7.04. The van der Waals surface area contributed by atoms with E-state index in [1.165, 1.54) is 12.8 Å². The third kappa shape index (κ3) is 3.95. The SMILES string of the molecule is COc1ccc(Cc2noc([C@H]3CCCCN3)n2)cc1.Cl. The van der Waals surface area contributed by atoms with Crippen LogP contribution in [0.4, 0.5) is 0 Å². The van der Waals surface area contributed by atoms with Crippen molar-refractivity contribution in [3.05, 3.63) is 41.5 Å². The van der Waals surface area contributed by atoms with Crippen LogP contribution in [0.15, 0.2) is 28.8 Å². The zero-order valence-corrected chi connectivity index (χ0v) is 12.9. The smallest absolute Gasteiger partial charge is 0.243 e. The van der Waals surface area contributed by atoms with Gasteiger partial charge in [-0.3, -0.25) is 0 Å². The van der Waals surface area contributed by atoms with E-state index in [0.29, 0.717) is 12.3 Å². The van der Waals surface area contributed by atoms with Crippen molar-refractivity contribution >= 4 is 12.4 Å². The van der Waals surface area contributed by atoms with Gasteiger partial charge in [0.2, 0.25) is 5.89 Å². The Bertz CT molecular complexity index is 550. The average Bonchev–Trinajstić information content (AvgIpc) is 2.97. The van der Waals surface area contributed by atoms with E-state index < -0.39 is 0 Å². The number of rotatable bonds is 4. The van der Waals surface area contributed by atoms with Gasteiger partial charge in [-0.2, -0.15) is 4.98 Å². The van der Waals surface area contributed by atoms with Crippen LogP contribution in [0.25, 0.3) is 0 Å². The average molecular weight is 310 g/mol. The lowest BCUT2D eigenvalue weighted by Crippen LogP contribution is -2.27. The van der Waals surface area contributed by atoms with Crippen LogP contribution in [-0.4, -0.2) is 23.8 Å². The van der Waals surface area contributed by atoms with E-state index in [-0.39, 0.29) is 18.4 Å². The van der Waals surface area contributed by atoms with Crippen molar-refractivity contribution in [2.75, 3.05) is 13.7 Å². The number of nitrogens with one attached hydrogen (secondary N) is 1. The van der Waals surface area contributed by atoms with Gasteiger partial charge in [-0.15, -0.1) is 12.4 Å². The topological polar surface area (TPSA) is 60.2 Å².